The van der Waals surface area contributed by atoms with Crippen molar-refractivity contribution in [3.8, 4) is 0 Å². The lowest BCUT2D eigenvalue weighted by molar-refractivity contribution is 0.560. The molecule has 0 aliphatic rings. The average Bonchev–Trinajstić information content (AvgIpc) is 2.54. The van der Waals surface area contributed by atoms with Crippen molar-refractivity contribution in [3.63, 3.8) is 0 Å². The molecule has 3 rings (SSSR count). The van der Waals surface area contributed by atoms with E-state index in [0.29, 0.717) is 10.7 Å². The van der Waals surface area contributed by atoms with Crippen molar-refractivity contribution in [2.45, 2.75) is 11.8 Å². The summed E-state index contributed by atoms with van der Waals surface area (Å²) < 4.78 is 5.26. The maximum Gasteiger partial charge on any atom is 0.336 e. The van der Waals surface area contributed by atoms with E-state index in [2.05, 4.69) is 10.6 Å². The summed E-state index contributed by atoms with van der Waals surface area (Å²) in [5, 5.41) is 7.70. The van der Waals surface area contributed by atoms with Gasteiger partial charge >= 0.3 is 5.63 Å². The van der Waals surface area contributed by atoms with Crippen molar-refractivity contribution in [3.05, 3.63) is 64.5 Å². The number of thioether (sulfide) groups is 1. The Balaban J connectivity index is 1.82. The van der Waals surface area contributed by atoms with Crippen LogP contribution < -0.4 is 16.3 Å². The van der Waals surface area contributed by atoms with E-state index in [1.165, 1.54) is 6.07 Å². The van der Waals surface area contributed by atoms with Gasteiger partial charge in [-0.05, 0) is 55.2 Å². The number of hydrogen-bond donors (Lipinski definition) is 2. The Labute approximate surface area is 149 Å². The lowest BCUT2D eigenvalue weighted by atomic mass is 10.1. The van der Waals surface area contributed by atoms with Gasteiger partial charge in [0.1, 0.15) is 5.58 Å². The third kappa shape index (κ3) is 3.60. The monoisotopic (exact) mass is 356 g/mol. The van der Waals surface area contributed by atoms with Crippen LogP contribution in [0.1, 0.15) is 5.56 Å². The minimum atomic E-state index is -0.355. The molecule has 0 spiro atoms. The first-order valence-electron chi connectivity index (χ1n) is 7.32. The fraction of sp³-hybridized carbons (Fsp3) is 0.111. The fourth-order valence-electron chi connectivity index (χ4n) is 2.44. The second kappa shape index (κ2) is 7.07. The SMILES string of the molecule is CSc1ccccc1NC(=S)Nc1ccc2c(C)cc(=O)oc2c1. The summed E-state index contributed by atoms with van der Waals surface area (Å²) in [6, 6.07) is 15.0. The average molecular weight is 356 g/mol. The van der Waals surface area contributed by atoms with Crippen molar-refractivity contribution in [1.29, 1.82) is 0 Å². The number of hydrogen-bond acceptors (Lipinski definition) is 4. The van der Waals surface area contributed by atoms with Gasteiger partial charge in [0, 0.05) is 28.1 Å². The zero-order valence-electron chi connectivity index (χ0n) is 13.3. The minimum absolute atomic E-state index is 0.355. The Kier molecular flexibility index (Phi) is 4.87. The lowest BCUT2D eigenvalue weighted by Crippen LogP contribution is -2.19. The Morgan fingerprint density at radius 2 is 1.92 bits per heavy atom. The molecule has 0 amide bonds. The van der Waals surface area contributed by atoms with Crippen LogP contribution in [0.5, 0.6) is 0 Å². The van der Waals surface area contributed by atoms with Gasteiger partial charge < -0.3 is 15.1 Å². The zero-order chi connectivity index (χ0) is 17.1. The zero-order valence-corrected chi connectivity index (χ0v) is 14.9. The van der Waals surface area contributed by atoms with E-state index in [0.717, 1.165) is 27.2 Å². The smallest absolute Gasteiger partial charge is 0.336 e. The number of aryl methyl sites for hydroxylation is 1. The van der Waals surface area contributed by atoms with Crippen LogP contribution in [0.25, 0.3) is 11.0 Å². The van der Waals surface area contributed by atoms with Crippen LogP contribution in [0.15, 0.2) is 62.6 Å². The Morgan fingerprint density at radius 1 is 1.12 bits per heavy atom. The third-order valence-corrected chi connectivity index (χ3v) is 4.56. The highest BCUT2D eigenvalue weighted by Gasteiger charge is 2.06. The summed E-state index contributed by atoms with van der Waals surface area (Å²) in [5.41, 5.74) is 2.78. The summed E-state index contributed by atoms with van der Waals surface area (Å²) in [7, 11) is 0. The number of benzene rings is 2. The first-order chi connectivity index (χ1) is 11.6. The van der Waals surface area contributed by atoms with Crippen LogP contribution in [0.3, 0.4) is 0 Å². The predicted octanol–water partition coefficient (Wildman–Crippen LogP) is 4.63. The van der Waals surface area contributed by atoms with Crippen molar-refractivity contribution < 1.29 is 4.42 Å². The molecule has 0 fully saturated rings. The van der Waals surface area contributed by atoms with Gasteiger partial charge in [0.15, 0.2) is 5.11 Å². The Hall–Kier alpha value is -2.31. The molecule has 6 heteroatoms. The molecule has 2 aromatic carbocycles. The molecule has 3 aromatic rings. The van der Waals surface area contributed by atoms with Crippen LogP contribution in [-0.4, -0.2) is 11.4 Å². The van der Waals surface area contributed by atoms with E-state index in [9.17, 15) is 4.79 Å². The highest BCUT2D eigenvalue weighted by molar-refractivity contribution is 7.98. The van der Waals surface area contributed by atoms with Crippen LogP contribution in [0.2, 0.25) is 0 Å². The highest BCUT2D eigenvalue weighted by atomic mass is 32.2. The van der Waals surface area contributed by atoms with Crippen LogP contribution in [-0.2, 0) is 0 Å². The first kappa shape index (κ1) is 16.5. The number of rotatable bonds is 3. The molecular weight excluding hydrogens is 340 g/mol. The Bertz CT molecular complexity index is 967. The van der Waals surface area contributed by atoms with Crippen LogP contribution in [0.4, 0.5) is 11.4 Å². The molecule has 0 atom stereocenters. The molecule has 122 valence electrons. The van der Waals surface area contributed by atoms with Gasteiger partial charge in [0.05, 0.1) is 5.69 Å². The number of fused-ring (bicyclic) bond motifs is 1. The van der Waals surface area contributed by atoms with E-state index in [1.807, 2.05) is 49.6 Å². The predicted molar refractivity (Wildman–Crippen MR) is 105 cm³/mol. The molecule has 0 saturated carbocycles. The van der Waals surface area contributed by atoms with Crippen LogP contribution in [0, 0.1) is 6.92 Å². The summed E-state index contributed by atoms with van der Waals surface area (Å²) in [6.07, 6.45) is 2.02. The lowest BCUT2D eigenvalue weighted by Gasteiger charge is -2.13. The molecule has 1 heterocycles. The number of para-hydroxylation sites is 1. The standard InChI is InChI=1S/C18H16N2O2S2/c1-11-9-17(21)22-15-10-12(7-8-13(11)15)19-18(23)20-14-5-3-4-6-16(14)24-2/h3-10H,1-2H3,(H2,19,20,23). The fourth-order valence-corrected chi connectivity index (χ4v) is 3.22. The highest BCUT2D eigenvalue weighted by Crippen LogP contribution is 2.25. The van der Waals surface area contributed by atoms with Gasteiger partial charge in [0.25, 0.3) is 0 Å². The van der Waals surface area contributed by atoms with E-state index >= 15 is 0 Å². The number of thiocarbonyl (C=S) groups is 1. The van der Waals surface area contributed by atoms with E-state index < -0.39 is 0 Å². The molecule has 0 unspecified atom stereocenters. The largest absolute Gasteiger partial charge is 0.423 e. The second-order valence-electron chi connectivity index (χ2n) is 5.24. The summed E-state index contributed by atoms with van der Waals surface area (Å²) in [6.45, 7) is 1.89. The molecule has 0 radical (unpaired) electrons. The molecule has 24 heavy (non-hydrogen) atoms. The number of nitrogens with one attached hydrogen (secondary N) is 2. The van der Waals surface area contributed by atoms with Gasteiger partial charge in [-0.3, -0.25) is 0 Å². The third-order valence-electron chi connectivity index (χ3n) is 3.56. The quantitative estimate of drug-likeness (QED) is 0.405. The van der Waals surface area contributed by atoms with E-state index in [4.69, 9.17) is 16.6 Å². The van der Waals surface area contributed by atoms with Gasteiger partial charge in [-0.25, -0.2) is 4.79 Å². The van der Waals surface area contributed by atoms with Gasteiger partial charge in [-0.2, -0.15) is 0 Å². The molecule has 4 nitrogen and oxygen atoms in total. The molecular formula is C18H16N2O2S2. The molecule has 0 bridgehead atoms. The first-order valence-corrected chi connectivity index (χ1v) is 8.95. The molecule has 0 saturated heterocycles. The van der Waals surface area contributed by atoms with Crippen molar-refractivity contribution in [2.24, 2.45) is 0 Å². The van der Waals surface area contributed by atoms with E-state index in [1.54, 1.807) is 17.8 Å². The van der Waals surface area contributed by atoms with E-state index in [-0.39, 0.29) is 5.63 Å². The van der Waals surface area contributed by atoms with Crippen molar-refractivity contribution >= 4 is 51.4 Å². The topological polar surface area (TPSA) is 54.3 Å². The molecule has 0 aliphatic carbocycles. The normalized spacial score (nSPS) is 10.6. The summed E-state index contributed by atoms with van der Waals surface area (Å²) in [5.74, 6) is 0. The van der Waals surface area contributed by atoms with Gasteiger partial charge in [-0.15, -0.1) is 11.8 Å². The maximum atomic E-state index is 11.5. The molecule has 1 aromatic heterocycles. The minimum Gasteiger partial charge on any atom is -0.423 e. The second-order valence-corrected chi connectivity index (χ2v) is 6.50. The maximum absolute atomic E-state index is 11.5. The molecule has 2 N–H and O–H groups in total. The van der Waals surface area contributed by atoms with Crippen molar-refractivity contribution in [2.75, 3.05) is 16.9 Å². The van der Waals surface area contributed by atoms with Crippen LogP contribution >= 0.6 is 24.0 Å². The van der Waals surface area contributed by atoms with Crippen molar-refractivity contribution in [1.82, 2.24) is 0 Å². The molecule has 0 aliphatic heterocycles. The number of anilines is 2. The van der Waals surface area contributed by atoms with Gasteiger partial charge in [0.2, 0.25) is 0 Å². The van der Waals surface area contributed by atoms with Gasteiger partial charge in [-0.1, -0.05) is 12.1 Å². The Morgan fingerprint density at radius 3 is 2.71 bits per heavy atom. The summed E-state index contributed by atoms with van der Waals surface area (Å²) >= 11 is 7.03. The summed E-state index contributed by atoms with van der Waals surface area (Å²) in [4.78, 5) is 12.6.